The van der Waals surface area contributed by atoms with Crippen LogP contribution in [0.1, 0.15) is 13.3 Å². The summed E-state index contributed by atoms with van der Waals surface area (Å²) in [6.07, 6.45) is 0.313. The lowest BCUT2D eigenvalue weighted by molar-refractivity contribution is -0.116. The molecule has 2 rings (SSSR count). The smallest absolute Gasteiger partial charge is 0.227 e. The van der Waals surface area contributed by atoms with Crippen LogP contribution in [0.2, 0.25) is 0 Å². The predicted octanol–water partition coefficient (Wildman–Crippen LogP) is 2.97. The summed E-state index contributed by atoms with van der Waals surface area (Å²) in [5, 5.41) is 7.31. The molecule has 2 aromatic heterocycles. The van der Waals surface area contributed by atoms with Crippen LogP contribution < -0.4 is 11.1 Å². The van der Waals surface area contributed by atoms with E-state index in [1.54, 1.807) is 18.3 Å². The molecule has 0 fully saturated rings. The van der Waals surface area contributed by atoms with Crippen LogP contribution in [0.15, 0.2) is 22.9 Å². The van der Waals surface area contributed by atoms with Crippen molar-refractivity contribution >= 4 is 46.1 Å². The van der Waals surface area contributed by atoms with Crippen LogP contribution in [-0.2, 0) is 4.79 Å². The quantitative estimate of drug-likeness (QED) is 0.912. The molecule has 1 amide bonds. The predicted molar refractivity (Wildman–Crippen MR) is 79.6 cm³/mol. The van der Waals surface area contributed by atoms with E-state index < -0.39 is 0 Å². The zero-order valence-electron chi connectivity index (χ0n) is 9.75. The molecule has 3 N–H and O–H groups in total. The van der Waals surface area contributed by atoms with Gasteiger partial charge < -0.3 is 11.1 Å². The van der Waals surface area contributed by atoms with Gasteiger partial charge in [-0.1, -0.05) is 6.07 Å². The van der Waals surface area contributed by atoms with E-state index in [0.717, 1.165) is 10.6 Å². The number of thiophene rings is 1. The van der Waals surface area contributed by atoms with Crippen molar-refractivity contribution in [2.75, 3.05) is 5.32 Å². The van der Waals surface area contributed by atoms with E-state index in [9.17, 15) is 4.79 Å². The van der Waals surface area contributed by atoms with Crippen LogP contribution >= 0.6 is 35.1 Å². The van der Waals surface area contributed by atoms with Crippen LogP contribution in [0.25, 0.3) is 10.6 Å². The van der Waals surface area contributed by atoms with E-state index in [-0.39, 0.29) is 24.4 Å². The molecular formula is C11H14ClN3OS2. The molecule has 0 bridgehead atoms. The third-order valence-corrected chi connectivity index (χ3v) is 3.68. The zero-order valence-corrected chi connectivity index (χ0v) is 12.2. The molecule has 0 aliphatic carbocycles. The molecule has 0 saturated heterocycles. The normalized spacial score (nSPS) is 11.7. The van der Waals surface area contributed by atoms with Crippen LogP contribution in [0.3, 0.4) is 0 Å². The van der Waals surface area contributed by atoms with Crippen LogP contribution in [0, 0.1) is 0 Å². The number of rotatable bonds is 4. The third-order valence-electron chi connectivity index (χ3n) is 2.03. The Kier molecular flexibility index (Phi) is 5.74. The maximum Gasteiger partial charge on any atom is 0.227 e. The van der Waals surface area contributed by atoms with Crippen molar-refractivity contribution in [3.05, 3.63) is 22.9 Å². The second-order valence-corrected chi connectivity index (χ2v) is 5.55. The van der Waals surface area contributed by atoms with E-state index >= 15 is 0 Å². The number of carbonyl (C=O) groups is 1. The number of nitrogens with one attached hydrogen (secondary N) is 1. The fraction of sp³-hybridized carbons (Fsp3) is 0.273. The summed E-state index contributed by atoms with van der Waals surface area (Å²) >= 11 is 3.06. The first-order valence-electron chi connectivity index (χ1n) is 5.20. The molecule has 7 heteroatoms. The van der Waals surface area contributed by atoms with Gasteiger partial charge in [-0.2, -0.15) is 0 Å². The van der Waals surface area contributed by atoms with Gasteiger partial charge >= 0.3 is 0 Å². The first kappa shape index (κ1) is 15.1. The van der Waals surface area contributed by atoms with Gasteiger partial charge in [-0.3, -0.25) is 4.79 Å². The second-order valence-electron chi connectivity index (χ2n) is 3.74. The Hall–Kier alpha value is -0.950. The van der Waals surface area contributed by atoms with Crippen molar-refractivity contribution in [2.24, 2.45) is 5.73 Å². The number of hydrogen-bond acceptors (Lipinski definition) is 5. The molecule has 0 aromatic carbocycles. The monoisotopic (exact) mass is 303 g/mol. The van der Waals surface area contributed by atoms with E-state index in [4.69, 9.17) is 5.73 Å². The molecule has 0 radical (unpaired) electrons. The SMILES string of the molecule is CC(N)CC(=O)Nc1nc(-c2cccs2)cs1.Cl. The Morgan fingerprint density at radius 2 is 2.33 bits per heavy atom. The number of aromatic nitrogens is 1. The van der Waals surface area contributed by atoms with Crippen LogP contribution in [0.4, 0.5) is 5.13 Å². The van der Waals surface area contributed by atoms with E-state index in [0.29, 0.717) is 11.6 Å². The number of amides is 1. The van der Waals surface area contributed by atoms with Crippen LogP contribution in [0.5, 0.6) is 0 Å². The van der Waals surface area contributed by atoms with Gasteiger partial charge in [-0.05, 0) is 18.4 Å². The number of nitrogens with two attached hydrogens (primary N) is 1. The minimum Gasteiger partial charge on any atom is -0.327 e. The molecule has 4 nitrogen and oxygen atoms in total. The molecule has 0 spiro atoms. The van der Waals surface area contributed by atoms with Gasteiger partial charge in [0, 0.05) is 17.8 Å². The first-order valence-corrected chi connectivity index (χ1v) is 6.96. The molecular weight excluding hydrogens is 290 g/mol. The highest BCUT2D eigenvalue weighted by molar-refractivity contribution is 7.16. The molecule has 98 valence electrons. The Morgan fingerprint density at radius 1 is 1.56 bits per heavy atom. The second kappa shape index (κ2) is 6.84. The van der Waals surface area contributed by atoms with E-state index in [1.807, 2.05) is 22.9 Å². The number of halogens is 1. The Balaban J connectivity index is 0.00000162. The summed E-state index contributed by atoms with van der Waals surface area (Å²) < 4.78 is 0. The van der Waals surface area contributed by atoms with Crippen molar-refractivity contribution in [1.29, 1.82) is 0 Å². The van der Waals surface area contributed by atoms with Crippen molar-refractivity contribution in [3.8, 4) is 10.6 Å². The molecule has 1 atom stereocenters. The minimum absolute atomic E-state index is 0. The Labute approximate surface area is 120 Å². The summed E-state index contributed by atoms with van der Waals surface area (Å²) in [5.41, 5.74) is 6.46. The maximum atomic E-state index is 11.5. The number of hydrogen-bond donors (Lipinski definition) is 2. The van der Waals surface area contributed by atoms with Crippen molar-refractivity contribution in [1.82, 2.24) is 4.98 Å². The lowest BCUT2D eigenvalue weighted by Crippen LogP contribution is -2.23. The first-order chi connectivity index (χ1) is 8.15. The lowest BCUT2D eigenvalue weighted by atomic mass is 10.2. The number of nitrogens with zero attached hydrogens (tertiary/aromatic N) is 1. The van der Waals surface area contributed by atoms with Gasteiger partial charge in [0.25, 0.3) is 0 Å². The summed E-state index contributed by atoms with van der Waals surface area (Å²) in [4.78, 5) is 17.0. The number of thiazole rings is 1. The molecule has 1 unspecified atom stereocenters. The molecule has 2 heterocycles. The van der Waals surface area contributed by atoms with Gasteiger partial charge in [-0.25, -0.2) is 4.98 Å². The summed E-state index contributed by atoms with van der Waals surface area (Å²) in [5.74, 6) is -0.0907. The standard InChI is InChI=1S/C11H13N3OS2.ClH/c1-7(12)5-10(15)14-11-13-8(6-17-11)9-3-2-4-16-9;/h2-4,6-7H,5,12H2,1H3,(H,13,14,15);1H. The molecule has 0 aliphatic heterocycles. The molecule has 2 aromatic rings. The average molecular weight is 304 g/mol. The highest BCUT2D eigenvalue weighted by Crippen LogP contribution is 2.28. The fourth-order valence-electron chi connectivity index (χ4n) is 1.33. The molecule has 0 aliphatic rings. The maximum absolute atomic E-state index is 11.5. The summed E-state index contributed by atoms with van der Waals surface area (Å²) in [6.45, 7) is 1.80. The average Bonchev–Trinajstić information content (AvgIpc) is 2.84. The van der Waals surface area contributed by atoms with Crippen LogP contribution in [-0.4, -0.2) is 16.9 Å². The zero-order chi connectivity index (χ0) is 12.3. The van der Waals surface area contributed by atoms with Crippen molar-refractivity contribution < 1.29 is 4.79 Å². The summed E-state index contributed by atoms with van der Waals surface area (Å²) in [6, 6.07) is 3.85. The number of carbonyl (C=O) groups excluding carboxylic acids is 1. The van der Waals surface area contributed by atoms with Gasteiger partial charge in [-0.15, -0.1) is 35.1 Å². The Bertz CT molecular complexity index is 496. The third kappa shape index (κ3) is 4.06. The highest BCUT2D eigenvalue weighted by Gasteiger charge is 2.09. The van der Waals surface area contributed by atoms with E-state index in [2.05, 4.69) is 10.3 Å². The molecule has 18 heavy (non-hydrogen) atoms. The van der Waals surface area contributed by atoms with Gasteiger partial charge in [0.1, 0.15) is 0 Å². The molecule has 0 saturated carbocycles. The van der Waals surface area contributed by atoms with Crippen molar-refractivity contribution in [2.45, 2.75) is 19.4 Å². The van der Waals surface area contributed by atoms with Gasteiger partial charge in [0.15, 0.2) is 5.13 Å². The minimum atomic E-state index is -0.133. The van der Waals surface area contributed by atoms with E-state index in [1.165, 1.54) is 11.3 Å². The van der Waals surface area contributed by atoms with Gasteiger partial charge in [0.05, 0.1) is 10.6 Å². The largest absolute Gasteiger partial charge is 0.327 e. The summed E-state index contributed by atoms with van der Waals surface area (Å²) in [7, 11) is 0. The Morgan fingerprint density at radius 3 is 2.94 bits per heavy atom. The van der Waals surface area contributed by atoms with Crippen molar-refractivity contribution in [3.63, 3.8) is 0 Å². The van der Waals surface area contributed by atoms with Gasteiger partial charge in [0.2, 0.25) is 5.91 Å². The number of anilines is 1. The topological polar surface area (TPSA) is 68.0 Å². The highest BCUT2D eigenvalue weighted by atomic mass is 35.5. The fourth-order valence-corrected chi connectivity index (χ4v) is 2.82. The lowest BCUT2D eigenvalue weighted by Gasteiger charge is -2.03.